The molecule has 0 unspecified atom stereocenters. The number of carbonyl (C=O) groups is 1. The highest BCUT2D eigenvalue weighted by molar-refractivity contribution is 5.72. The second-order valence-corrected chi connectivity index (χ2v) is 5.05. The van der Waals surface area contributed by atoms with E-state index >= 15 is 0 Å². The predicted octanol–water partition coefficient (Wildman–Crippen LogP) is 3.57. The third kappa shape index (κ3) is 5.61. The van der Waals surface area contributed by atoms with Gasteiger partial charge >= 0.3 is 5.97 Å². The first-order chi connectivity index (χ1) is 9.56. The fourth-order valence-electron chi connectivity index (χ4n) is 1.59. The van der Waals surface area contributed by atoms with Gasteiger partial charge in [-0.2, -0.15) is 0 Å². The highest BCUT2D eigenvalue weighted by atomic mass is 16.6. The maximum absolute atomic E-state index is 11.3. The van der Waals surface area contributed by atoms with Crippen molar-refractivity contribution in [2.24, 2.45) is 5.92 Å². The zero-order valence-corrected chi connectivity index (χ0v) is 12.8. The Morgan fingerprint density at radius 3 is 2.60 bits per heavy atom. The van der Waals surface area contributed by atoms with E-state index in [0.717, 1.165) is 18.6 Å². The lowest BCUT2D eigenvalue weighted by Crippen LogP contribution is -2.07. The van der Waals surface area contributed by atoms with Gasteiger partial charge in [0.1, 0.15) is 0 Å². The molecule has 0 radical (unpaired) electrons. The van der Waals surface area contributed by atoms with Crippen LogP contribution in [-0.2, 0) is 16.1 Å². The van der Waals surface area contributed by atoms with Crippen molar-refractivity contribution >= 4 is 5.97 Å². The highest BCUT2D eigenvalue weighted by Crippen LogP contribution is 2.28. The summed E-state index contributed by atoms with van der Waals surface area (Å²) in [6.07, 6.45) is 1.38. The molecule has 112 valence electrons. The van der Waals surface area contributed by atoms with Crippen LogP contribution in [-0.4, -0.2) is 19.7 Å². The Balaban J connectivity index is 2.60. The Morgan fingerprint density at radius 1 is 1.25 bits per heavy atom. The van der Waals surface area contributed by atoms with Crippen molar-refractivity contribution in [2.75, 3.05) is 13.7 Å². The standard InChI is InChI=1S/C16H24O4/c1-5-16(17)20-14-7-6-13(10-15(14)18-4)11-19-9-8-12(2)3/h6-7,10,12H,5,8-9,11H2,1-4H3. The molecule has 1 aromatic carbocycles. The van der Waals surface area contributed by atoms with Crippen molar-refractivity contribution in [3.05, 3.63) is 23.8 Å². The van der Waals surface area contributed by atoms with E-state index in [-0.39, 0.29) is 5.97 Å². The number of ether oxygens (including phenoxy) is 3. The summed E-state index contributed by atoms with van der Waals surface area (Å²) in [5.74, 6) is 1.37. The lowest BCUT2D eigenvalue weighted by Gasteiger charge is -2.11. The number of carbonyl (C=O) groups excluding carboxylic acids is 1. The van der Waals surface area contributed by atoms with E-state index in [1.54, 1.807) is 20.1 Å². The van der Waals surface area contributed by atoms with E-state index in [0.29, 0.717) is 30.4 Å². The van der Waals surface area contributed by atoms with Crippen LogP contribution < -0.4 is 9.47 Å². The minimum atomic E-state index is -0.274. The first kappa shape index (κ1) is 16.5. The molecule has 0 saturated carbocycles. The van der Waals surface area contributed by atoms with Gasteiger partial charge in [-0.05, 0) is 30.0 Å². The molecule has 0 amide bonds. The molecular weight excluding hydrogens is 256 g/mol. The molecule has 0 N–H and O–H groups in total. The first-order valence-electron chi connectivity index (χ1n) is 7.02. The topological polar surface area (TPSA) is 44.8 Å². The van der Waals surface area contributed by atoms with Crippen LogP contribution in [0.25, 0.3) is 0 Å². The number of esters is 1. The Kier molecular flexibility index (Phi) is 7.09. The third-order valence-corrected chi connectivity index (χ3v) is 2.85. The predicted molar refractivity (Wildman–Crippen MR) is 78.0 cm³/mol. The summed E-state index contributed by atoms with van der Waals surface area (Å²) < 4.78 is 16.0. The smallest absolute Gasteiger partial charge is 0.311 e. The number of hydrogen-bond acceptors (Lipinski definition) is 4. The molecule has 0 aromatic heterocycles. The molecule has 1 rings (SSSR count). The van der Waals surface area contributed by atoms with E-state index in [4.69, 9.17) is 14.2 Å². The van der Waals surface area contributed by atoms with E-state index < -0.39 is 0 Å². The van der Waals surface area contributed by atoms with Gasteiger partial charge in [-0.3, -0.25) is 4.79 Å². The molecule has 4 heteroatoms. The second kappa shape index (κ2) is 8.59. The second-order valence-electron chi connectivity index (χ2n) is 5.05. The highest BCUT2D eigenvalue weighted by Gasteiger charge is 2.09. The van der Waals surface area contributed by atoms with Crippen LogP contribution in [0.3, 0.4) is 0 Å². The van der Waals surface area contributed by atoms with Crippen LogP contribution in [0.4, 0.5) is 0 Å². The normalized spacial score (nSPS) is 10.7. The molecule has 0 spiro atoms. The van der Waals surface area contributed by atoms with Crippen LogP contribution in [0.5, 0.6) is 11.5 Å². The van der Waals surface area contributed by atoms with Gasteiger partial charge in [-0.1, -0.05) is 26.8 Å². The van der Waals surface area contributed by atoms with Crippen LogP contribution in [0.1, 0.15) is 39.2 Å². The molecule has 0 bridgehead atoms. The van der Waals surface area contributed by atoms with E-state index in [1.807, 2.05) is 12.1 Å². The number of methoxy groups -OCH3 is 1. The van der Waals surface area contributed by atoms with E-state index in [2.05, 4.69) is 13.8 Å². The number of hydrogen-bond donors (Lipinski definition) is 0. The molecule has 0 fully saturated rings. The average molecular weight is 280 g/mol. The monoisotopic (exact) mass is 280 g/mol. The van der Waals surface area contributed by atoms with Gasteiger partial charge in [-0.15, -0.1) is 0 Å². The molecule has 0 aliphatic carbocycles. The molecule has 0 heterocycles. The largest absolute Gasteiger partial charge is 0.493 e. The van der Waals surface area contributed by atoms with Crippen molar-refractivity contribution < 1.29 is 19.0 Å². The minimum absolute atomic E-state index is 0.274. The van der Waals surface area contributed by atoms with Crippen LogP contribution in [0.2, 0.25) is 0 Å². The van der Waals surface area contributed by atoms with Gasteiger partial charge < -0.3 is 14.2 Å². The van der Waals surface area contributed by atoms with E-state index in [1.165, 1.54) is 0 Å². The summed E-state index contributed by atoms with van der Waals surface area (Å²) in [5.41, 5.74) is 1.00. The Hall–Kier alpha value is -1.55. The maximum atomic E-state index is 11.3. The summed E-state index contributed by atoms with van der Waals surface area (Å²) in [7, 11) is 1.56. The molecule has 0 aliphatic rings. The molecule has 1 aromatic rings. The van der Waals surface area contributed by atoms with Gasteiger partial charge in [0, 0.05) is 13.0 Å². The lowest BCUT2D eigenvalue weighted by molar-refractivity contribution is -0.134. The van der Waals surface area contributed by atoms with Crippen LogP contribution >= 0.6 is 0 Å². The molecule has 0 saturated heterocycles. The van der Waals surface area contributed by atoms with Crippen molar-refractivity contribution in [2.45, 2.75) is 40.2 Å². The van der Waals surface area contributed by atoms with Crippen molar-refractivity contribution in [3.8, 4) is 11.5 Å². The zero-order chi connectivity index (χ0) is 15.0. The average Bonchev–Trinajstić information content (AvgIpc) is 2.44. The fraction of sp³-hybridized carbons (Fsp3) is 0.562. The van der Waals surface area contributed by atoms with Crippen LogP contribution in [0, 0.1) is 5.92 Å². The summed E-state index contributed by atoms with van der Waals surface area (Å²) in [6, 6.07) is 5.47. The fourth-order valence-corrected chi connectivity index (χ4v) is 1.59. The van der Waals surface area contributed by atoms with Crippen LogP contribution in [0.15, 0.2) is 18.2 Å². The van der Waals surface area contributed by atoms with Gasteiger partial charge in [0.05, 0.1) is 13.7 Å². The van der Waals surface area contributed by atoms with Gasteiger partial charge in [0.15, 0.2) is 11.5 Å². The quantitative estimate of drug-likeness (QED) is 0.415. The van der Waals surface area contributed by atoms with Crippen molar-refractivity contribution in [3.63, 3.8) is 0 Å². The third-order valence-electron chi connectivity index (χ3n) is 2.85. The summed E-state index contributed by atoms with van der Waals surface area (Å²) in [6.45, 7) is 7.37. The Bertz CT molecular complexity index is 426. The van der Waals surface area contributed by atoms with Crippen molar-refractivity contribution in [1.29, 1.82) is 0 Å². The van der Waals surface area contributed by atoms with Gasteiger partial charge in [0.2, 0.25) is 0 Å². The first-order valence-corrected chi connectivity index (χ1v) is 7.02. The van der Waals surface area contributed by atoms with Crippen molar-refractivity contribution in [1.82, 2.24) is 0 Å². The molecular formula is C16H24O4. The number of rotatable bonds is 8. The summed E-state index contributed by atoms with van der Waals surface area (Å²) in [5, 5.41) is 0. The Labute approximate surface area is 121 Å². The molecule has 20 heavy (non-hydrogen) atoms. The summed E-state index contributed by atoms with van der Waals surface area (Å²) in [4.78, 5) is 11.3. The summed E-state index contributed by atoms with van der Waals surface area (Å²) >= 11 is 0. The lowest BCUT2D eigenvalue weighted by atomic mass is 10.1. The molecule has 4 nitrogen and oxygen atoms in total. The maximum Gasteiger partial charge on any atom is 0.311 e. The van der Waals surface area contributed by atoms with E-state index in [9.17, 15) is 4.79 Å². The molecule has 0 aliphatic heterocycles. The SMILES string of the molecule is CCC(=O)Oc1ccc(COCCC(C)C)cc1OC. The minimum Gasteiger partial charge on any atom is -0.493 e. The zero-order valence-electron chi connectivity index (χ0n) is 12.8. The van der Waals surface area contributed by atoms with Gasteiger partial charge in [0.25, 0.3) is 0 Å². The number of benzene rings is 1. The molecule has 0 atom stereocenters. The van der Waals surface area contributed by atoms with Gasteiger partial charge in [-0.25, -0.2) is 0 Å². The Morgan fingerprint density at radius 2 is 2.00 bits per heavy atom.